The molecule has 1 heterocycles. The number of rotatable bonds is 1. The lowest BCUT2D eigenvalue weighted by Crippen LogP contribution is -2.48. The van der Waals surface area contributed by atoms with Gasteiger partial charge in [-0.1, -0.05) is 0 Å². The van der Waals surface area contributed by atoms with Gasteiger partial charge in [-0.05, 0) is 46.5 Å². The van der Waals surface area contributed by atoms with Gasteiger partial charge in [0, 0.05) is 0 Å². The Balaban J connectivity index is 2.17. The first-order valence-electron chi connectivity index (χ1n) is 5.66. The SMILES string of the molecule is CC(C)(C)[n+]1ccn(C2CCCC2)c1. The molecule has 0 unspecified atom stereocenters. The average molecular weight is 193 g/mol. The minimum atomic E-state index is 0.212. The highest BCUT2D eigenvalue weighted by Crippen LogP contribution is 2.28. The zero-order valence-corrected chi connectivity index (χ0v) is 9.53. The van der Waals surface area contributed by atoms with E-state index >= 15 is 0 Å². The van der Waals surface area contributed by atoms with Gasteiger partial charge < -0.3 is 0 Å². The number of hydrogen-bond acceptors (Lipinski definition) is 0. The second kappa shape index (κ2) is 3.41. The molecule has 0 bridgehead atoms. The Morgan fingerprint density at radius 1 is 1.21 bits per heavy atom. The van der Waals surface area contributed by atoms with Crippen molar-refractivity contribution in [2.24, 2.45) is 0 Å². The van der Waals surface area contributed by atoms with Crippen LogP contribution in [0.15, 0.2) is 18.7 Å². The van der Waals surface area contributed by atoms with Crippen molar-refractivity contribution in [3.8, 4) is 0 Å². The molecule has 1 aliphatic carbocycles. The maximum atomic E-state index is 2.39. The monoisotopic (exact) mass is 193 g/mol. The third-order valence-corrected chi connectivity index (χ3v) is 3.18. The van der Waals surface area contributed by atoms with Gasteiger partial charge in [0.1, 0.15) is 24.0 Å². The highest BCUT2D eigenvalue weighted by molar-refractivity contribution is 4.79. The van der Waals surface area contributed by atoms with E-state index in [0.29, 0.717) is 0 Å². The van der Waals surface area contributed by atoms with Gasteiger partial charge in [0.2, 0.25) is 6.33 Å². The van der Waals surface area contributed by atoms with Gasteiger partial charge in [0.05, 0.1) is 0 Å². The lowest BCUT2D eigenvalue weighted by Gasteiger charge is -2.13. The minimum absolute atomic E-state index is 0.212. The Labute approximate surface area is 86.6 Å². The summed E-state index contributed by atoms with van der Waals surface area (Å²) in [7, 11) is 0. The van der Waals surface area contributed by atoms with Gasteiger partial charge in [0.25, 0.3) is 0 Å². The van der Waals surface area contributed by atoms with Crippen molar-refractivity contribution in [1.29, 1.82) is 0 Å². The van der Waals surface area contributed by atoms with Gasteiger partial charge in [-0.15, -0.1) is 0 Å². The normalized spacial score (nSPS) is 19.1. The van der Waals surface area contributed by atoms with Crippen molar-refractivity contribution in [3.05, 3.63) is 18.7 Å². The topological polar surface area (TPSA) is 8.81 Å². The second-order valence-electron chi connectivity index (χ2n) is 5.38. The molecule has 0 amide bonds. The van der Waals surface area contributed by atoms with Crippen LogP contribution in [-0.4, -0.2) is 4.57 Å². The highest BCUT2D eigenvalue weighted by Gasteiger charge is 2.24. The maximum absolute atomic E-state index is 2.39. The van der Waals surface area contributed by atoms with Gasteiger partial charge in [-0.3, -0.25) is 0 Å². The quantitative estimate of drug-likeness (QED) is 0.606. The fraction of sp³-hybridized carbons (Fsp3) is 0.750. The Morgan fingerprint density at radius 3 is 2.36 bits per heavy atom. The number of imidazole rings is 1. The summed E-state index contributed by atoms with van der Waals surface area (Å²) in [5, 5.41) is 0. The lowest BCUT2D eigenvalue weighted by molar-refractivity contribution is -0.753. The van der Waals surface area contributed by atoms with Crippen LogP contribution >= 0.6 is 0 Å². The molecule has 0 radical (unpaired) electrons. The molecule has 0 N–H and O–H groups in total. The Bertz CT molecular complexity index is 300. The molecular weight excluding hydrogens is 172 g/mol. The first-order chi connectivity index (χ1) is 6.57. The molecule has 0 atom stereocenters. The highest BCUT2D eigenvalue weighted by atomic mass is 15.2. The van der Waals surface area contributed by atoms with Crippen molar-refractivity contribution in [2.45, 2.75) is 58.0 Å². The van der Waals surface area contributed by atoms with Crippen molar-refractivity contribution in [2.75, 3.05) is 0 Å². The molecule has 2 nitrogen and oxygen atoms in total. The summed E-state index contributed by atoms with van der Waals surface area (Å²) in [6.45, 7) is 6.73. The van der Waals surface area contributed by atoms with Crippen LogP contribution in [-0.2, 0) is 5.54 Å². The summed E-state index contributed by atoms with van der Waals surface area (Å²) in [4.78, 5) is 0. The number of aromatic nitrogens is 2. The van der Waals surface area contributed by atoms with Crippen LogP contribution in [0.1, 0.15) is 52.5 Å². The zero-order valence-electron chi connectivity index (χ0n) is 9.53. The van der Waals surface area contributed by atoms with Crippen LogP contribution in [0, 0.1) is 0 Å². The first kappa shape index (κ1) is 9.75. The Hall–Kier alpha value is -0.790. The molecule has 0 aromatic carbocycles. The average Bonchev–Trinajstić information content (AvgIpc) is 2.73. The molecule has 1 aromatic rings. The van der Waals surface area contributed by atoms with E-state index in [1.54, 1.807) is 0 Å². The van der Waals surface area contributed by atoms with Crippen molar-refractivity contribution < 1.29 is 4.57 Å². The molecule has 1 saturated carbocycles. The van der Waals surface area contributed by atoms with E-state index in [-0.39, 0.29) is 5.54 Å². The third kappa shape index (κ3) is 1.84. The largest absolute Gasteiger partial charge is 0.244 e. The molecule has 78 valence electrons. The predicted molar refractivity (Wildman–Crippen MR) is 57.1 cm³/mol. The summed E-state index contributed by atoms with van der Waals surface area (Å²) in [6, 6.07) is 0.763. The third-order valence-electron chi connectivity index (χ3n) is 3.18. The van der Waals surface area contributed by atoms with E-state index in [2.05, 4.69) is 48.6 Å². The van der Waals surface area contributed by atoms with Crippen molar-refractivity contribution >= 4 is 0 Å². The molecule has 14 heavy (non-hydrogen) atoms. The van der Waals surface area contributed by atoms with Gasteiger partial charge in [-0.25, -0.2) is 9.13 Å². The van der Waals surface area contributed by atoms with E-state index in [1.807, 2.05) is 0 Å². The molecule has 2 heteroatoms. The minimum Gasteiger partial charge on any atom is -0.234 e. The summed E-state index contributed by atoms with van der Waals surface area (Å²) < 4.78 is 4.68. The van der Waals surface area contributed by atoms with Crippen LogP contribution in [0.25, 0.3) is 0 Å². The van der Waals surface area contributed by atoms with E-state index in [4.69, 9.17) is 0 Å². The molecule has 0 saturated heterocycles. The van der Waals surface area contributed by atoms with Gasteiger partial charge in [-0.2, -0.15) is 0 Å². The summed E-state index contributed by atoms with van der Waals surface area (Å²) in [5.74, 6) is 0. The number of nitrogens with zero attached hydrogens (tertiary/aromatic N) is 2. The molecule has 1 aromatic heterocycles. The molecule has 1 aliphatic rings. The Morgan fingerprint density at radius 2 is 1.86 bits per heavy atom. The summed E-state index contributed by atoms with van der Waals surface area (Å²) in [6.07, 6.45) is 12.2. The summed E-state index contributed by atoms with van der Waals surface area (Å²) >= 11 is 0. The fourth-order valence-electron chi connectivity index (χ4n) is 2.18. The van der Waals surface area contributed by atoms with E-state index < -0.39 is 0 Å². The molecule has 1 fully saturated rings. The lowest BCUT2D eigenvalue weighted by atomic mass is 10.1. The van der Waals surface area contributed by atoms with Crippen LogP contribution in [0.4, 0.5) is 0 Å². The van der Waals surface area contributed by atoms with Crippen LogP contribution in [0.2, 0.25) is 0 Å². The van der Waals surface area contributed by atoms with Crippen LogP contribution < -0.4 is 4.57 Å². The number of hydrogen-bond donors (Lipinski definition) is 0. The predicted octanol–water partition coefficient (Wildman–Crippen LogP) is 2.65. The van der Waals surface area contributed by atoms with Gasteiger partial charge >= 0.3 is 0 Å². The van der Waals surface area contributed by atoms with Crippen LogP contribution in [0.3, 0.4) is 0 Å². The van der Waals surface area contributed by atoms with Crippen molar-refractivity contribution in [3.63, 3.8) is 0 Å². The fourth-order valence-corrected chi connectivity index (χ4v) is 2.18. The smallest absolute Gasteiger partial charge is 0.234 e. The molecule has 0 spiro atoms. The standard InChI is InChI=1S/C12H21N2/c1-12(2,3)14-9-8-13(10-14)11-6-4-5-7-11/h8-11H,4-7H2,1-3H3/q+1. The maximum Gasteiger partial charge on any atom is 0.244 e. The summed E-state index contributed by atoms with van der Waals surface area (Å²) in [5.41, 5.74) is 0.212. The van der Waals surface area contributed by atoms with E-state index in [1.165, 1.54) is 25.7 Å². The van der Waals surface area contributed by atoms with E-state index in [0.717, 1.165) is 6.04 Å². The van der Waals surface area contributed by atoms with E-state index in [9.17, 15) is 0 Å². The molecule has 0 aliphatic heterocycles. The Kier molecular flexibility index (Phi) is 2.38. The van der Waals surface area contributed by atoms with Gasteiger partial charge in [0.15, 0.2) is 0 Å². The van der Waals surface area contributed by atoms with Crippen molar-refractivity contribution in [1.82, 2.24) is 4.57 Å². The zero-order chi connectivity index (χ0) is 10.2. The van der Waals surface area contributed by atoms with Crippen LogP contribution in [0.5, 0.6) is 0 Å². The molecular formula is C12H21N2+. The molecule has 2 rings (SSSR count). The second-order valence-corrected chi connectivity index (χ2v) is 5.38. The first-order valence-corrected chi connectivity index (χ1v) is 5.66.